The van der Waals surface area contributed by atoms with E-state index in [9.17, 15) is 5.11 Å². The van der Waals surface area contributed by atoms with Gasteiger partial charge in [0, 0.05) is 28.8 Å². The Morgan fingerprint density at radius 1 is 1.33 bits per heavy atom. The minimum absolute atomic E-state index is 0.118. The van der Waals surface area contributed by atoms with Gasteiger partial charge in [0.2, 0.25) is 0 Å². The second-order valence-corrected chi connectivity index (χ2v) is 6.42. The zero-order chi connectivity index (χ0) is 13.1. The summed E-state index contributed by atoms with van der Waals surface area (Å²) >= 11 is 3.52. The Morgan fingerprint density at radius 3 is 2.56 bits per heavy atom. The monoisotopic (exact) mass is 311 g/mol. The first kappa shape index (κ1) is 13.9. The van der Waals surface area contributed by atoms with Gasteiger partial charge in [0.15, 0.2) is 0 Å². The summed E-state index contributed by atoms with van der Waals surface area (Å²) in [5, 5.41) is 9.44. The molecule has 0 aromatic heterocycles. The third-order valence-electron chi connectivity index (χ3n) is 4.04. The van der Waals surface area contributed by atoms with E-state index in [2.05, 4.69) is 40.7 Å². The van der Waals surface area contributed by atoms with Gasteiger partial charge in [-0.2, -0.15) is 0 Å². The molecule has 100 valence electrons. The Labute approximate surface area is 118 Å². The van der Waals surface area contributed by atoms with Gasteiger partial charge in [-0.1, -0.05) is 35.8 Å². The van der Waals surface area contributed by atoms with E-state index in [4.69, 9.17) is 0 Å². The SMILES string of the molecule is CC(C)C1CCN(c2cc(Br)ccc2CO)CC1. The summed E-state index contributed by atoms with van der Waals surface area (Å²) in [5.74, 6) is 1.64. The average Bonchev–Trinajstić information content (AvgIpc) is 2.39. The van der Waals surface area contributed by atoms with Gasteiger partial charge in [0.25, 0.3) is 0 Å². The molecule has 0 radical (unpaired) electrons. The van der Waals surface area contributed by atoms with Crippen molar-refractivity contribution in [1.82, 2.24) is 0 Å². The van der Waals surface area contributed by atoms with E-state index in [0.717, 1.165) is 35.0 Å². The number of halogens is 1. The fourth-order valence-corrected chi connectivity index (χ4v) is 3.12. The summed E-state index contributed by atoms with van der Waals surface area (Å²) in [4.78, 5) is 2.41. The second-order valence-electron chi connectivity index (χ2n) is 5.50. The van der Waals surface area contributed by atoms with Crippen LogP contribution in [0.4, 0.5) is 5.69 Å². The lowest BCUT2D eigenvalue weighted by atomic mass is 9.86. The standard InChI is InChI=1S/C15H22BrNO/c1-11(2)12-5-7-17(8-6-12)15-9-14(16)4-3-13(15)10-18/h3-4,9,11-12,18H,5-8,10H2,1-2H3. The molecule has 3 heteroatoms. The first-order chi connectivity index (χ1) is 8.61. The molecule has 1 N–H and O–H groups in total. The molecule has 2 nitrogen and oxygen atoms in total. The van der Waals surface area contributed by atoms with Gasteiger partial charge in [-0.15, -0.1) is 0 Å². The Morgan fingerprint density at radius 2 is 2.00 bits per heavy atom. The molecule has 1 saturated heterocycles. The van der Waals surface area contributed by atoms with Crippen molar-refractivity contribution in [1.29, 1.82) is 0 Å². The number of aliphatic hydroxyl groups is 1. The lowest BCUT2D eigenvalue weighted by Gasteiger charge is -2.36. The van der Waals surface area contributed by atoms with Gasteiger partial charge < -0.3 is 10.0 Å². The fourth-order valence-electron chi connectivity index (χ4n) is 2.77. The van der Waals surface area contributed by atoms with Crippen LogP contribution in [0.2, 0.25) is 0 Å². The molecule has 0 spiro atoms. The highest BCUT2D eigenvalue weighted by Gasteiger charge is 2.22. The summed E-state index contributed by atoms with van der Waals surface area (Å²) in [6, 6.07) is 6.13. The number of anilines is 1. The molecule has 1 fully saturated rings. The molecule has 0 aliphatic carbocycles. The molecule has 1 aromatic rings. The van der Waals surface area contributed by atoms with Crippen molar-refractivity contribution >= 4 is 21.6 Å². The van der Waals surface area contributed by atoms with E-state index in [1.807, 2.05) is 12.1 Å². The van der Waals surface area contributed by atoms with Gasteiger partial charge in [-0.3, -0.25) is 0 Å². The predicted molar refractivity (Wildman–Crippen MR) is 79.8 cm³/mol. The van der Waals surface area contributed by atoms with E-state index < -0.39 is 0 Å². The maximum atomic E-state index is 9.44. The van der Waals surface area contributed by atoms with Crippen LogP contribution in [0.5, 0.6) is 0 Å². The Kier molecular flexibility index (Phi) is 4.68. The number of hydrogen-bond donors (Lipinski definition) is 1. The predicted octanol–water partition coefficient (Wildman–Crippen LogP) is 3.81. The van der Waals surface area contributed by atoms with Crippen molar-refractivity contribution < 1.29 is 5.11 Å². The van der Waals surface area contributed by atoms with Crippen molar-refractivity contribution in [2.24, 2.45) is 11.8 Å². The molecule has 1 aliphatic heterocycles. The molecule has 1 heterocycles. The molecule has 0 unspecified atom stereocenters. The average molecular weight is 312 g/mol. The van der Waals surface area contributed by atoms with Crippen LogP contribution >= 0.6 is 15.9 Å². The van der Waals surface area contributed by atoms with Crippen LogP contribution in [0.25, 0.3) is 0 Å². The van der Waals surface area contributed by atoms with Crippen molar-refractivity contribution in [3.63, 3.8) is 0 Å². The molecule has 0 saturated carbocycles. The molecular formula is C15H22BrNO. The van der Waals surface area contributed by atoms with Crippen LogP contribution in [-0.2, 0) is 6.61 Å². The second kappa shape index (κ2) is 6.07. The van der Waals surface area contributed by atoms with Crippen LogP contribution in [0.3, 0.4) is 0 Å². The largest absolute Gasteiger partial charge is 0.392 e. The number of benzene rings is 1. The summed E-state index contributed by atoms with van der Waals surface area (Å²) in [7, 11) is 0. The Hall–Kier alpha value is -0.540. The smallest absolute Gasteiger partial charge is 0.0702 e. The fraction of sp³-hybridized carbons (Fsp3) is 0.600. The lowest BCUT2D eigenvalue weighted by Crippen LogP contribution is -2.35. The Balaban J connectivity index is 2.11. The van der Waals surface area contributed by atoms with Crippen molar-refractivity contribution in [2.45, 2.75) is 33.3 Å². The summed E-state index contributed by atoms with van der Waals surface area (Å²) in [6.07, 6.45) is 2.52. The van der Waals surface area contributed by atoms with Crippen LogP contribution in [0.1, 0.15) is 32.3 Å². The zero-order valence-corrected chi connectivity index (χ0v) is 12.8. The van der Waals surface area contributed by atoms with Crippen LogP contribution in [0, 0.1) is 11.8 Å². The first-order valence-electron chi connectivity index (χ1n) is 6.76. The molecule has 0 bridgehead atoms. The zero-order valence-electron chi connectivity index (χ0n) is 11.2. The molecule has 1 aromatic carbocycles. The highest BCUT2D eigenvalue weighted by atomic mass is 79.9. The molecular weight excluding hydrogens is 290 g/mol. The van der Waals surface area contributed by atoms with E-state index in [-0.39, 0.29) is 6.61 Å². The first-order valence-corrected chi connectivity index (χ1v) is 7.55. The quantitative estimate of drug-likeness (QED) is 0.917. The number of aliphatic hydroxyl groups excluding tert-OH is 1. The van der Waals surface area contributed by atoms with Gasteiger partial charge in [0.1, 0.15) is 0 Å². The number of piperidine rings is 1. The van der Waals surface area contributed by atoms with Gasteiger partial charge in [-0.05, 0) is 36.8 Å². The van der Waals surface area contributed by atoms with Crippen molar-refractivity contribution in [3.05, 3.63) is 28.2 Å². The minimum Gasteiger partial charge on any atom is -0.392 e. The van der Waals surface area contributed by atoms with Gasteiger partial charge >= 0.3 is 0 Å². The third kappa shape index (κ3) is 3.07. The van der Waals surface area contributed by atoms with Gasteiger partial charge in [0.05, 0.1) is 6.61 Å². The molecule has 18 heavy (non-hydrogen) atoms. The number of rotatable bonds is 3. The molecule has 0 amide bonds. The Bertz CT molecular complexity index is 397. The van der Waals surface area contributed by atoms with Crippen LogP contribution in [-0.4, -0.2) is 18.2 Å². The summed E-state index contributed by atoms with van der Waals surface area (Å²) in [6.45, 7) is 6.96. The third-order valence-corrected chi connectivity index (χ3v) is 4.53. The normalized spacial score (nSPS) is 17.5. The van der Waals surface area contributed by atoms with Gasteiger partial charge in [-0.25, -0.2) is 0 Å². The highest BCUT2D eigenvalue weighted by Crippen LogP contribution is 2.31. The maximum Gasteiger partial charge on any atom is 0.0702 e. The van der Waals surface area contributed by atoms with E-state index in [1.54, 1.807) is 0 Å². The summed E-state index contributed by atoms with van der Waals surface area (Å²) < 4.78 is 1.08. The lowest BCUT2D eigenvalue weighted by molar-refractivity contribution is 0.280. The van der Waals surface area contributed by atoms with E-state index in [0.29, 0.717) is 0 Å². The van der Waals surface area contributed by atoms with Crippen LogP contribution in [0.15, 0.2) is 22.7 Å². The summed E-state index contributed by atoms with van der Waals surface area (Å²) in [5.41, 5.74) is 2.22. The molecule has 1 aliphatic rings. The molecule has 2 rings (SSSR count). The van der Waals surface area contributed by atoms with E-state index in [1.165, 1.54) is 18.5 Å². The van der Waals surface area contributed by atoms with E-state index >= 15 is 0 Å². The topological polar surface area (TPSA) is 23.5 Å². The molecule has 0 atom stereocenters. The van der Waals surface area contributed by atoms with Crippen molar-refractivity contribution in [3.8, 4) is 0 Å². The van der Waals surface area contributed by atoms with Crippen molar-refractivity contribution in [2.75, 3.05) is 18.0 Å². The van der Waals surface area contributed by atoms with Crippen LogP contribution < -0.4 is 4.90 Å². The minimum atomic E-state index is 0.118. The highest BCUT2D eigenvalue weighted by molar-refractivity contribution is 9.10. The number of hydrogen-bond acceptors (Lipinski definition) is 2. The maximum absolute atomic E-state index is 9.44. The number of nitrogens with zero attached hydrogens (tertiary/aromatic N) is 1.